The Morgan fingerprint density at radius 1 is 1.44 bits per heavy atom. The second-order valence-electron chi connectivity index (χ2n) is 4.56. The van der Waals surface area contributed by atoms with Gasteiger partial charge in [-0.3, -0.25) is 10.4 Å². The van der Waals surface area contributed by atoms with Crippen molar-refractivity contribution in [1.82, 2.24) is 5.01 Å². The number of para-hydroxylation sites is 1. The number of nitrogens with one attached hydrogen (secondary N) is 1. The standard InChI is InChI=1S/C14H20N2/c1-5-7-11(3)16-12(4)13-9-6-8-10(2)14(13)15-16/h6,8-9,11,15H,4-5,7H2,1-3H3. The van der Waals surface area contributed by atoms with Crippen molar-refractivity contribution in [3.8, 4) is 0 Å². The third-order valence-corrected chi connectivity index (χ3v) is 3.25. The largest absolute Gasteiger partial charge is 0.297 e. The first-order chi connectivity index (χ1) is 7.65. The van der Waals surface area contributed by atoms with E-state index in [1.165, 1.54) is 29.7 Å². The molecule has 1 aliphatic heterocycles. The highest BCUT2D eigenvalue weighted by molar-refractivity contribution is 5.81. The van der Waals surface area contributed by atoms with Gasteiger partial charge in [-0.15, -0.1) is 0 Å². The van der Waals surface area contributed by atoms with Crippen LogP contribution in [-0.2, 0) is 0 Å². The maximum Gasteiger partial charge on any atom is 0.0665 e. The van der Waals surface area contributed by atoms with Crippen LogP contribution in [-0.4, -0.2) is 11.1 Å². The van der Waals surface area contributed by atoms with Crippen molar-refractivity contribution < 1.29 is 0 Å². The van der Waals surface area contributed by atoms with Gasteiger partial charge in [0, 0.05) is 11.6 Å². The molecule has 0 saturated heterocycles. The molecule has 16 heavy (non-hydrogen) atoms. The van der Waals surface area contributed by atoms with E-state index in [1.807, 2.05) is 0 Å². The molecule has 0 fully saturated rings. The molecule has 86 valence electrons. The van der Waals surface area contributed by atoms with Crippen molar-refractivity contribution in [3.63, 3.8) is 0 Å². The molecule has 0 radical (unpaired) electrons. The summed E-state index contributed by atoms with van der Waals surface area (Å²) in [7, 11) is 0. The quantitative estimate of drug-likeness (QED) is 0.826. The molecule has 0 spiro atoms. The summed E-state index contributed by atoms with van der Waals surface area (Å²) in [5, 5.41) is 2.20. The number of aryl methyl sites for hydroxylation is 1. The molecule has 1 aromatic carbocycles. The van der Waals surface area contributed by atoms with Crippen LogP contribution in [0, 0.1) is 6.92 Å². The van der Waals surface area contributed by atoms with Crippen molar-refractivity contribution in [1.29, 1.82) is 0 Å². The van der Waals surface area contributed by atoms with E-state index >= 15 is 0 Å². The number of hydrogen-bond acceptors (Lipinski definition) is 2. The summed E-state index contributed by atoms with van der Waals surface area (Å²) >= 11 is 0. The molecule has 2 rings (SSSR count). The van der Waals surface area contributed by atoms with Crippen molar-refractivity contribution in [3.05, 3.63) is 35.9 Å². The van der Waals surface area contributed by atoms with Gasteiger partial charge in [-0.05, 0) is 25.8 Å². The van der Waals surface area contributed by atoms with Crippen molar-refractivity contribution >= 4 is 11.4 Å². The fraction of sp³-hybridized carbons (Fsp3) is 0.429. The summed E-state index contributed by atoms with van der Waals surface area (Å²) in [4.78, 5) is 0. The van der Waals surface area contributed by atoms with Crippen LogP contribution in [0.5, 0.6) is 0 Å². The molecule has 1 atom stereocenters. The zero-order valence-corrected chi connectivity index (χ0v) is 10.4. The van der Waals surface area contributed by atoms with Gasteiger partial charge >= 0.3 is 0 Å². The minimum absolute atomic E-state index is 0.490. The maximum absolute atomic E-state index is 4.18. The Morgan fingerprint density at radius 3 is 2.81 bits per heavy atom. The smallest absolute Gasteiger partial charge is 0.0665 e. The second kappa shape index (κ2) is 4.20. The Hall–Kier alpha value is -1.44. The van der Waals surface area contributed by atoms with Crippen LogP contribution in [0.3, 0.4) is 0 Å². The molecule has 1 N–H and O–H groups in total. The van der Waals surface area contributed by atoms with Crippen LogP contribution < -0.4 is 5.43 Å². The molecular formula is C14H20N2. The lowest BCUT2D eigenvalue weighted by molar-refractivity contribution is 0.354. The predicted octanol–water partition coefficient (Wildman–Crippen LogP) is 3.80. The van der Waals surface area contributed by atoms with Gasteiger partial charge in [-0.2, -0.15) is 0 Å². The minimum Gasteiger partial charge on any atom is -0.297 e. The van der Waals surface area contributed by atoms with Crippen LogP contribution in [0.25, 0.3) is 5.70 Å². The Labute approximate surface area is 97.9 Å². The highest BCUT2D eigenvalue weighted by Crippen LogP contribution is 2.36. The lowest BCUT2D eigenvalue weighted by Gasteiger charge is -2.27. The molecule has 0 aliphatic carbocycles. The normalized spacial score (nSPS) is 15.9. The number of hydrazine groups is 1. The summed E-state index contributed by atoms with van der Waals surface area (Å²) in [5.74, 6) is 0. The van der Waals surface area contributed by atoms with Crippen LogP contribution in [0.4, 0.5) is 5.69 Å². The minimum atomic E-state index is 0.490. The number of hydrogen-bond donors (Lipinski definition) is 1. The molecule has 0 bridgehead atoms. The second-order valence-corrected chi connectivity index (χ2v) is 4.56. The van der Waals surface area contributed by atoms with Gasteiger partial charge in [-0.1, -0.05) is 38.1 Å². The monoisotopic (exact) mass is 216 g/mol. The highest BCUT2D eigenvalue weighted by Gasteiger charge is 2.26. The van der Waals surface area contributed by atoms with Crippen LogP contribution in [0.1, 0.15) is 37.8 Å². The van der Waals surface area contributed by atoms with Crippen LogP contribution in [0.15, 0.2) is 24.8 Å². The first-order valence-corrected chi connectivity index (χ1v) is 6.00. The van der Waals surface area contributed by atoms with E-state index < -0.39 is 0 Å². The molecule has 0 amide bonds. The number of nitrogens with zero attached hydrogens (tertiary/aromatic N) is 1. The predicted molar refractivity (Wildman–Crippen MR) is 70.0 cm³/mol. The highest BCUT2D eigenvalue weighted by atomic mass is 15.5. The summed E-state index contributed by atoms with van der Waals surface area (Å²) in [6, 6.07) is 6.85. The summed E-state index contributed by atoms with van der Waals surface area (Å²) < 4.78 is 0. The SMILES string of the molecule is C=C1c2cccc(C)c2NN1C(C)CCC. The van der Waals surface area contributed by atoms with Crippen molar-refractivity contribution in [2.45, 2.75) is 39.7 Å². The molecule has 0 saturated carbocycles. The molecule has 2 heteroatoms. The fourth-order valence-corrected chi connectivity index (χ4v) is 2.30. The summed E-state index contributed by atoms with van der Waals surface area (Å²) in [6.07, 6.45) is 2.38. The zero-order valence-electron chi connectivity index (χ0n) is 10.4. The number of benzene rings is 1. The van der Waals surface area contributed by atoms with Crippen LogP contribution in [0.2, 0.25) is 0 Å². The third kappa shape index (κ3) is 1.69. The van der Waals surface area contributed by atoms with Gasteiger partial charge < -0.3 is 0 Å². The summed E-state index contributed by atoms with van der Waals surface area (Å²) in [5.41, 5.74) is 8.31. The average molecular weight is 216 g/mol. The number of anilines is 1. The topological polar surface area (TPSA) is 15.3 Å². The fourth-order valence-electron chi connectivity index (χ4n) is 2.30. The summed E-state index contributed by atoms with van der Waals surface area (Å²) in [6.45, 7) is 10.8. The van der Waals surface area contributed by atoms with Gasteiger partial charge in [0.15, 0.2) is 0 Å². The molecule has 1 heterocycles. The van der Waals surface area contributed by atoms with Gasteiger partial charge in [0.05, 0.1) is 11.4 Å². The molecule has 0 aromatic heterocycles. The molecule has 1 aliphatic rings. The molecular weight excluding hydrogens is 196 g/mol. The van der Waals surface area contributed by atoms with Crippen molar-refractivity contribution in [2.24, 2.45) is 0 Å². The Balaban J connectivity index is 2.27. The number of fused-ring (bicyclic) bond motifs is 1. The van der Waals surface area contributed by atoms with Crippen LogP contribution >= 0.6 is 0 Å². The van der Waals surface area contributed by atoms with Gasteiger partial charge in [0.2, 0.25) is 0 Å². The lowest BCUT2D eigenvalue weighted by atomic mass is 10.1. The first kappa shape index (κ1) is 11.1. The molecule has 1 unspecified atom stereocenters. The molecule has 2 nitrogen and oxygen atoms in total. The molecule has 1 aromatic rings. The maximum atomic E-state index is 4.18. The van der Waals surface area contributed by atoms with Crippen molar-refractivity contribution in [2.75, 3.05) is 5.43 Å². The van der Waals surface area contributed by atoms with E-state index in [4.69, 9.17) is 0 Å². The van der Waals surface area contributed by atoms with Gasteiger partial charge in [0.25, 0.3) is 0 Å². The average Bonchev–Trinajstić information content (AvgIpc) is 2.59. The number of rotatable bonds is 3. The Bertz CT molecular complexity index is 409. The first-order valence-electron chi connectivity index (χ1n) is 6.00. The van der Waals surface area contributed by atoms with Gasteiger partial charge in [0.1, 0.15) is 0 Å². The van der Waals surface area contributed by atoms with E-state index in [1.54, 1.807) is 0 Å². The Kier molecular flexibility index (Phi) is 2.90. The van der Waals surface area contributed by atoms with E-state index in [9.17, 15) is 0 Å². The van der Waals surface area contributed by atoms with E-state index in [0.717, 1.165) is 5.70 Å². The van der Waals surface area contributed by atoms with E-state index in [2.05, 4.69) is 56.0 Å². The Morgan fingerprint density at radius 2 is 2.19 bits per heavy atom. The van der Waals surface area contributed by atoms with E-state index in [0.29, 0.717) is 6.04 Å². The lowest BCUT2D eigenvalue weighted by Crippen LogP contribution is -2.32. The van der Waals surface area contributed by atoms with E-state index in [-0.39, 0.29) is 0 Å². The third-order valence-electron chi connectivity index (χ3n) is 3.25. The van der Waals surface area contributed by atoms with Gasteiger partial charge in [-0.25, -0.2) is 0 Å². The zero-order chi connectivity index (χ0) is 11.7.